The fourth-order valence-electron chi connectivity index (χ4n) is 1.72. The number of methoxy groups -OCH3 is 1. The topological polar surface area (TPSA) is 76.7 Å². The Bertz CT molecular complexity index is 544. The van der Waals surface area contributed by atoms with Gasteiger partial charge in [-0.25, -0.2) is 4.79 Å². The van der Waals surface area contributed by atoms with Gasteiger partial charge < -0.3 is 20.1 Å². The molecular formula is C14H19ClF2N2O4. The predicted molar refractivity (Wildman–Crippen MR) is 83.4 cm³/mol. The fraction of sp³-hybridized carbons (Fsp3) is 0.429. The van der Waals surface area contributed by atoms with Crippen molar-refractivity contribution >= 4 is 30.0 Å². The van der Waals surface area contributed by atoms with E-state index in [-0.39, 0.29) is 41.2 Å². The second-order valence-corrected chi connectivity index (χ2v) is 4.53. The summed E-state index contributed by atoms with van der Waals surface area (Å²) in [6, 6.07) is 3.76. The first kappa shape index (κ1) is 21.1. The Kier molecular flexibility index (Phi) is 9.12. The average Bonchev–Trinajstić information content (AvgIpc) is 2.47. The van der Waals surface area contributed by atoms with Crippen LogP contribution in [0.1, 0.15) is 17.3 Å². The molecule has 0 heterocycles. The minimum Gasteiger partial charge on any atom is -0.465 e. The minimum absolute atomic E-state index is 0. The number of rotatable bonds is 7. The van der Waals surface area contributed by atoms with Crippen LogP contribution in [0.5, 0.6) is 5.75 Å². The van der Waals surface area contributed by atoms with Crippen LogP contribution in [0, 0.1) is 5.92 Å². The molecule has 2 N–H and O–H groups in total. The van der Waals surface area contributed by atoms with Crippen LogP contribution in [0.4, 0.5) is 14.5 Å². The lowest BCUT2D eigenvalue weighted by atomic mass is 10.1. The Morgan fingerprint density at radius 2 is 1.96 bits per heavy atom. The van der Waals surface area contributed by atoms with E-state index in [1.807, 2.05) is 0 Å². The van der Waals surface area contributed by atoms with Gasteiger partial charge in [-0.05, 0) is 25.2 Å². The summed E-state index contributed by atoms with van der Waals surface area (Å²) in [5.41, 5.74) is 0.0975. The standard InChI is InChI=1S/C14H18F2N2O4.ClH/c1-8(7-17-2)12(19)18-10-5-4-9(13(20)21-3)6-11(10)22-14(15)16;/h4-6,8,14,17H,7H2,1-3H3,(H,18,19);1H. The number of anilines is 1. The maximum atomic E-state index is 12.5. The summed E-state index contributed by atoms with van der Waals surface area (Å²) in [4.78, 5) is 23.3. The Balaban J connectivity index is 0.00000484. The van der Waals surface area contributed by atoms with Gasteiger partial charge in [-0.3, -0.25) is 4.79 Å². The van der Waals surface area contributed by atoms with E-state index >= 15 is 0 Å². The first-order valence-corrected chi connectivity index (χ1v) is 6.51. The number of hydrogen-bond acceptors (Lipinski definition) is 5. The molecule has 0 spiro atoms. The first-order valence-electron chi connectivity index (χ1n) is 6.51. The van der Waals surface area contributed by atoms with Gasteiger partial charge >= 0.3 is 12.6 Å². The SMILES string of the molecule is CNCC(C)C(=O)Nc1ccc(C(=O)OC)cc1OC(F)F.Cl. The van der Waals surface area contributed by atoms with Crippen LogP contribution in [0.3, 0.4) is 0 Å². The van der Waals surface area contributed by atoms with Crippen LogP contribution in [-0.4, -0.2) is 39.2 Å². The van der Waals surface area contributed by atoms with E-state index < -0.39 is 12.6 Å². The van der Waals surface area contributed by atoms with Crippen molar-refractivity contribution in [3.05, 3.63) is 23.8 Å². The lowest BCUT2D eigenvalue weighted by Crippen LogP contribution is -2.28. The molecule has 0 aromatic heterocycles. The largest absolute Gasteiger partial charge is 0.465 e. The molecular weight excluding hydrogens is 334 g/mol. The number of carbonyl (C=O) groups is 2. The Morgan fingerprint density at radius 3 is 2.48 bits per heavy atom. The molecule has 0 aliphatic carbocycles. The van der Waals surface area contributed by atoms with E-state index in [9.17, 15) is 18.4 Å². The minimum atomic E-state index is -3.08. The van der Waals surface area contributed by atoms with Crippen LogP contribution >= 0.6 is 12.4 Å². The molecule has 1 amide bonds. The molecule has 1 aromatic carbocycles. The molecule has 6 nitrogen and oxygen atoms in total. The van der Waals surface area contributed by atoms with Crippen molar-refractivity contribution in [1.82, 2.24) is 5.32 Å². The van der Waals surface area contributed by atoms with Gasteiger partial charge in [-0.1, -0.05) is 6.92 Å². The molecule has 0 aliphatic heterocycles. The molecule has 1 rings (SSSR count). The number of alkyl halides is 2. The fourth-order valence-corrected chi connectivity index (χ4v) is 1.72. The first-order chi connectivity index (χ1) is 10.4. The van der Waals surface area contributed by atoms with Gasteiger partial charge in [-0.15, -0.1) is 12.4 Å². The van der Waals surface area contributed by atoms with Gasteiger partial charge in [0, 0.05) is 12.5 Å². The molecule has 1 unspecified atom stereocenters. The summed E-state index contributed by atoms with van der Waals surface area (Å²) in [6.07, 6.45) is 0. The lowest BCUT2D eigenvalue weighted by molar-refractivity contribution is -0.119. The lowest BCUT2D eigenvalue weighted by Gasteiger charge is -2.15. The molecule has 23 heavy (non-hydrogen) atoms. The predicted octanol–water partition coefficient (Wildman–Crippen LogP) is 2.29. The van der Waals surface area contributed by atoms with E-state index in [0.717, 1.165) is 6.07 Å². The van der Waals surface area contributed by atoms with E-state index in [1.165, 1.54) is 19.2 Å². The number of benzene rings is 1. The van der Waals surface area contributed by atoms with E-state index in [2.05, 4.69) is 20.1 Å². The summed E-state index contributed by atoms with van der Waals surface area (Å²) in [5, 5.41) is 5.33. The van der Waals surface area contributed by atoms with Crippen molar-refractivity contribution in [2.45, 2.75) is 13.5 Å². The van der Waals surface area contributed by atoms with Crippen molar-refractivity contribution in [1.29, 1.82) is 0 Å². The highest BCUT2D eigenvalue weighted by atomic mass is 35.5. The van der Waals surface area contributed by atoms with Gasteiger partial charge in [-0.2, -0.15) is 8.78 Å². The third-order valence-electron chi connectivity index (χ3n) is 2.83. The summed E-state index contributed by atoms with van der Waals surface area (Å²) in [6.45, 7) is -0.974. The van der Waals surface area contributed by atoms with E-state index in [0.29, 0.717) is 6.54 Å². The molecule has 1 aromatic rings. The molecule has 9 heteroatoms. The maximum Gasteiger partial charge on any atom is 0.387 e. The number of esters is 1. The third kappa shape index (κ3) is 6.37. The summed E-state index contributed by atoms with van der Waals surface area (Å²) in [7, 11) is 2.87. The molecule has 130 valence electrons. The number of carbonyl (C=O) groups excluding carboxylic acids is 2. The number of halogens is 3. The molecule has 0 aliphatic rings. The van der Waals surface area contributed by atoms with Crippen LogP contribution in [-0.2, 0) is 9.53 Å². The maximum absolute atomic E-state index is 12.5. The Morgan fingerprint density at radius 1 is 1.30 bits per heavy atom. The molecule has 1 atom stereocenters. The van der Waals surface area contributed by atoms with Gasteiger partial charge in [0.25, 0.3) is 0 Å². The van der Waals surface area contributed by atoms with Gasteiger partial charge in [0.15, 0.2) is 0 Å². The van der Waals surface area contributed by atoms with Crippen LogP contribution in [0.2, 0.25) is 0 Å². The van der Waals surface area contributed by atoms with Crippen LogP contribution < -0.4 is 15.4 Å². The van der Waals surface area contributed by atoms with Crippen LogP contribution in [0.25, 0.3) is 0 Å². The number of nitrogens with one attached hydrogen (secondary N) is 2. The molecule has 0 radical (unpaired) electrons. The Hall–Kier alpha value is -1.93. The van der Waals surface area contributed by atoms with E-state index in [1.54, 1.807) is 14.0 Å². The zero-order valence-corrected chi connectivity index (χ0v) is 13.7. The van der Waals surface area contributed by atoms with Gasteiger partial charge in [0.1, 0.15) is 5.75 Å². The summed E-state index contributed by atoms with van der Waals surface area (Å²) in [5.74, 6) is -1.73. The summed E-state index contributed by atoms with van der Waals surface area (Å²) >= 11 is 0. The second-order valence-electron chi connectivity index (χ2n) is 4.53. The smallest absolute Gasteiger partial charge is 0.387 e. The number of hydrogen-bond donors (Lipinski definition) is 2. The number of ether oxygens (including phenoxy) is 2. The van der Waals surface area contributed by atoms with Crippen molar-refractivity contribution in [3.8, 4) is 5.75 Å². The highest BCUT2D eigenvalue weighted by Gasteiger charge is 2.18. The molecule has 0 saturated carbocycles. The molecule has 0 saturated heterocycles. The highest BCUT2D eigenvalue weighted by molar-refractivity contribution is 5.96. The van der Waals surface area contributed by atoms with E-state index in [4.69, 9.17) is 0 Å². The zero-order chi connectivity index (χ0) is 16.7. The van der Waals surface area contributed by atoms with Crippen molar-refractivity contribution in [3.63, 3.8) is 0 Å². The quantitative estimate of drug-likeness (QED) is 0.736. The van der Waals surface area contributed by atoms with Crippen molar-refractivity contribution in [2.24, 2.45) is 5.92 Å². The highest BCUT2D eigenvalue weighted by Crippen LogP contribution is 2.28. The monoisotopic (exact) mass is 352 g/mol. The normalized spacial score (nSPS) is 11.4. The van der Waals surface area contributed by atoms with Crippen molar-refractivity contribution < 1.29 is 27.8 Å². The average molecular weight is 353 g/mol. The van der Waals surface area contributed by atoms with Gasteiger partial charge in [0.05, 0.1) is 18.4 Å². The number of amides is 1. The third-order valence-corrected chi connectivity index (χ3v) is 2.83. The Labute approximate surface area is 138 Å². The molecule has 0 bridgehead atoms. The van der Waals surface area contributed by atoms with Crippen molar-refractivity contribution in [2.75, 3.05) is 26.0 Å². The second kappa shape index (κ2) is 9.96. The molecule has 0 fully saturated rings. The van der Waals surface area contributed by atoms with Gasteiger partial charge in [0.2, 0.25) is 5.91 Å². The summed E-state index contributed by atoms with van der Waals surface area (Å²) < 4.78 is 33.8. The van der Waals surface area contributed by atoms with Crippen LogP contribution in [0.15, 0.2) is 18.2 Å². The zero-order valence-electron chi connectivity index (χ0n) is 12.9.